The van der Waals surface area contributed by atoms with Gasteiger partial charge < -0.3 is 10.7 Å². The Hall–Kier alpha value is -2.89. The molecule has 4 aromatic rings. The molecule has 0 radical (unpaired) electrons. The normalized spacial score (nSPS) is 11.4. The van der Waals surface area contributed by atoms with E-state index in [2.05, 4.69) is 20.2 Å². The van der Waals surface area contributed by atoms with E-state index in [9.17, 15) is 4.39 Å². The van der Waals surface area contributed by atoms with Crippen LogP contribution in [0.4, 0.5) is 10.2 Å². The Morgan fingerprint density at radius 1 is 1.15 bits per heavy atom. The molecular weight excluding hydrogens is 257 g/mol. The van der Waals surface area contributed by atoms with Gasteiger partial charge in [-0.1, -0.05) is 6.07 Å². The molecule has 98 valence electrons. The molecule has 0 saturated heterocycles. The van der Waals surface area contributed by atoms with Crippen molar-refractivity contribution < 1.29 is 4.39 Å². The Labute approximate surface area is 112 Å². The number of hydrogen-bond acceptors (Lipinski definition) is 3. The number of halogens is 1. The Morgan fingerprint density at radius 3 is 2.95 bits per heavy atom. The quantitative estimate of drug-likeness (QED) is 0.496. The van der Waals surface area contributed by atoms with E-state index in [0.717, 1.165) is 21.9 Å². The summed E-state index contributed by atoms with van der Waals surface area (Å²) in [5, 5.41) is 8.29. The van der Waals surface area contributed by atoms with Crippen LogP contribution in [0.1, 0.15) is 0 Å². The second kappa shape index (κ2) is 3.80. The van der Waals surface area contributed by atoms with Crippen molar-refractivity contribution >= 4 is 27.8 Å². The zero-order chi connectivity index (χ0) is 13.7. The van der Waals surface area contributed by atoms with Gasteiger partial charge in [0.25, 0.3) is 0 Å². The first kappa shape index (κ1) is 11.0. The number of nitrogens with one attached hydrogen (secondary N) is 2. The molecule has 3 heterocycles. The zero-order valence-electron chi connectivity index (χ0n) is 10.3. The summed E-state index contributed by atoms with van der Waals surface area (Å²) in [7, 11) is 0. The number of aromatic nitrogens is 4. The summed E-state index contributed by atoms with van der Waals surface area (Å²) >= 11 is 0. The lowest BCUT2D eigenvalue weighted by Crippen LogP contribution is -1.89. The molecule has 6 heteroatoms. The van der Waals surface area contributed by atoms with Crippen LogP contribution in [0.5, 0.6) is 0 Å². The monoisotopic (exact) mass is 267 g/mol. The van der Waals surface area contributed by atoms with Crippen molar-refractivity contribution in [2.45, 2.75) is 0 Å². The lowest BCUT2D eigenvalue weighted by molar-refractivity contribution is 0.627. The molecule has 0 amide bonds. The zero-order valence-corrected chi connectivity index (χ0v) is 10.3. The molecule has 0 unspecified atom stereocenters. The van der Waals surface area contributed by atoms with Gasteiger partial charge in [-0.2, -0.15) is 5.10 Å². The summed E-state index contributed by atoms with van der Waals surface area (Å²) in [6.07, 6.45) is 2.96. The summed E-state index contributed by atoms with van der Waals surface area (Å²) in [5.74, 6) is 0.0418. The average molecular weight is 267 g/mol. The van der Waals surface area contributed by atoms with Gasteiger partial charge in [-0.25, -0.2) is 9.37 Å². The second-order valence-electron chi connectivity index (χ2n) is 4.59. The molecule has 0 aliphatic rings. The van der Waals surface area contributed by atoms with Gasteiger partial charge in [0.2, 0.25) is 0 Å². The highest BCUT2D eigenvalue weighted by Crippen LogP contribution is 2.32. The fraction of sp³-hybridized carbons (Fsp3) is 0. The number of hydrogen-bond donors (Lipinski definition) is 3. The summed E-state index contributed by atoms with van der Waals surface area (Å²) < 4.78 is 14.2. The largest absolute Gasteiger partial charge is 0.382 e. The van der Waals surface area contributed by atoms with Crippen molar-refractivity contribution in [1.29, 1.82) is 0 Å². The van der Waals surface area contributed by atoms with Gasteiger partial charge in [-0.15, -0.1) is 0 Å². The fourth-order valence-electron chi connectivity index (χ4n) is 2.47. The first-order valence-electron chi connectivity index (χ1n) is 6.09. The van der Waals surface area contributed by atoms with E-state index in [1.165, 1.54) is 6.20 Å². The fourth-order valence-corrected chi connectivity index (χ4v) is 2.47. The van der Waals surface area contributed by atoms with Gasteiger partial charge in [0.15, 0.2) is 5.82 Å². The van der Waals surface area contributed by atoms with Gasteiger partial charge in [0, 0.05) is 22.5 Å². The van der Waals surface area contributed by atoms with Crippen molar-refractivity contribution in [2.24, 2.45) is 0 Å². The van der Waals surface area contributed by atoms with Gasteiger partial charge in [-0.05, 0) is 23.8 Å². The van der Waals surface area contributed by atoms with Crippen LogP contribution in [-0.2, 0) is 0 Å². The Bertz CT molecular complexity index is 937. The van der Waals surface area contributed by atoms with Gasteiger partial charge in [0.1, 0.15) is 11.5 Å². The first-order valence-corrected chi connectivity index (χ1v) is 6.09. The molecule has 0 spiro atoms. The number of anilines is 1. The van der Waals surface area contributed by atoms with Crippen LogP contribution in [0, 0.1) is 5.82 Å². The molecule has 5 nitrogen and oxygen atoms in total. The second-order valence-corrected chi connectivity index (χ2v) is 4.59. The van der Waals surface area contributed by atoms with Gasteiger partial charge in [-0.3, -0.25) is 5.10 Å². The van der Waals surface area contributed by atoms with Crippen molar-refractivity contribution in [1.82, 2.24) is 20.2 Å². The Morgan fingerprint density at radius 2 is 2.05 bits per heavy atom. The maximum atomic E-state index is 14.2. The number of benzene rings is 1. The summed E-state index contributed by atoms with van der Waals surface area (Å²) in [6, 6.07) is 7.32. The number of nitrogens with zero attached hydrogens (tertiary/aromatic N) is 2. The van der Waals surface area contributed by atoms with E-state index >= 15 is 0 Å². The molecule has 4 N–H and O–H groups in total. The predicted octanol–water partition coefficient (Wildman–Crippen LogP) is 2.83. The highest BCUT2D eigenvalue weighted by Gasteiger charge is 2.13. The minimum Gasteiger partial charge on any atom is -0.382 e. The topological polar surface area (TPSA) is 83.4 Å². The summed E-state index contributed by atoms with van der Waals surface area (Å²) in [4.78, 5) is 7.00. The van der Waals surface area contributed by atoms with E-state index in [4.69, 9.17) is 5.73 Å². The molecule has 0 aliphatic heterocycles. The third kappa shape index (κ3) is 1.41. The smallest absolute Gasteiger partial charge is 0.153 e. The minimum atomic E-state index is -0.362. The number of fused-ring (bicyclic) bond motifs is 2. The average Bonchev–Trinajstić information content (AvgIpc) is 3.06. The number of aromatic amines is 2. The highest BCUT2D eigenvalue weighted by molar-refractivity contribution is 5.98. The molecule has 0 atom stereocenters. The van der Waals surface area contributed by atoms with Crippen LogP contribution in [0.3, 0.4) is 0 Å². The van der Waals surface area contributed by atoms with Crippen LogP contribution >= 0.6 is 0 Å². The van der Waals surface area contributed by atoms with Crippen LogP contribution in [0.25, 0.3) is 33.1 Å². The Kier molecular flexibility index (Phi) is 2.09. The molecule has 0 aliphatic carbocycles. The molecular formula is C14H10FN5. The third-order valence-electron chi connectivity index (χ3n) is 3.42. The lowest BCUT2D eigenvalue weighted by Gasteiger charge is -2.05. The van der Waals surface area contributed by atoms with Crippen LogP contribution in [0.2, 0.25) is 0 Å². The molecule has 0 saturated carbocycles. The first-order chi connectivity index (χ1) is 9.74. The minimum absolute atomic E-state index is 0.362. The van der Waals surface area contributed by atoms with E-state index in [0.29, 0.717) is 17.0 Å². The predicted molar refractivity (Wildman–Crippen MR) is 75.6 cm³/mol. The Balaban J connectivity index is 2.07. The molecule has 3 aromatic heterocycles. The van der Waals surface area contributed by atoms with E-state index in [1.807, 2.05) is 24.3 Å². The number of pyridine rings is 1. The van der Waals surface area contributed by atoms with E-state index in [1.54, 1.807) is 6.20 Å². The van der Waals surface area contributed by atoms with Gasteiger partial charge >= 0.3 is 0 Å². The van der Waals surface area contributed by atoms with Crippen molar-refractivity contribution in [3.05, 3.63) is 42.5 Å². The van der Waals surface area contributed by atoms with Crippen molar-refractivity contribution in [2.75, 3.05) is 5.73 Å². The third-order valence-corrected chi connectivity index (χ3v) is 3.42. The number of rotatable bonds is 1. The van der Waals surface area contributed by atoms with Crippen molar-refractivity contribution in [3.63, 3.8) is 0 Å². The van der Waals surface area contributed by atoms with Crippen LogP contribution in [0.15, 0.2) is 36.7 Å². The summed E-state index contributed by atoms with van der Waals surface area (Å²) in [5.41, 5.74) is 8.54. The highest BCUT2D eigenvalue weighted by atomic mass is 19.1. The molecule has 0 fully saturated rings. The maximum Gasteiger partial charge on any atom is 0.153 e. The number of nitrogens with two attached hydrogens (primary N) is 1. The maximum absolute atomic E-state index is 14.2. The van der Waals surface area contributed by atoms with Crippen molar-refractivity contribution in [3.8, 4) is 11.1 Å². The summed E-state index contributed by atoms with van der Waals surface area (Å²) in [6.45, 7) is 0. The number of H-pyrrole nitrogens is 2. The standard InChI is InChI=1S/C14H10FN5/c15-10-6-18-14-8(3-4-17-14)12(10)7-1-2-11-9(5-7)13(16)20-19-11/h1-6H,(H,17,18)(H3,16,19,20). The molecule has 1 aromatic carbocycles. The van der Waals surface area contributed by atoms with Gasteiger partial charge in [0.05, 0.1) is 11.7 Å². The SMILES string of the molecule is Nc1n[nH]c2ccc(-c3c(F)cnc4[nH]ccc34)cc12. The molecule has 0 bridgehead atoms. The van der Waals surface area contributed by atoms with Crippen LogP contribution < -0.4 is 5.73 Å². The molecule has 4 rings (SSSR count). The lowest BCUT2D eigenvalue weighted by atomic mass is 10.0. The number of nitrogen functional groups attached to an aromatic ring is 1. The molecule has 20 heavy (non-hydrogen) atoms. The van der Waals surface area contributed by atoms with E-state index in [-0.39, 0.29) is 5.82 Å². The van der Waals surface area contributed by atoms with E-state index < -0.39 is 0 Å². The van der Waals surface area contributed by atoms with Crippen LogP contribution in [-0.4, -0.2) is 20.2 Å².